The molecule has 8 aromatic rings. The first-order valence-corrected chi connectivity index (χ1v) is 22.7. The first kappa shape index (κ1) is 45.1. The fourth-order valence-corrected chi connectivity index (χ4v) is 9.85. The van der Waals surface area contributed by atoms with E-state index in [0.717, 1.165) is 5.56 Å². The van der Waals surface area contributed by atoms with Crippen molar-refractivity contribution in [2.24, 2.45) is 0 Å². The van der Waals surface area contributed by atoms with E-state index in [0.29, 0.717) is 74.0 Å². The van der Waals surface area contributed by atoms with Gasteiger partial charge < -0.3 is 44.4 Å². The highest BCUT2D eigenvalue weighted by molar-refractivity contribution is 7.85. The molecule has 0 saturated heterocycles. The number of carboxylic acids is 2. The number of aryl methyl sites for hydroxylation is 1. The highest BCUT2D eigenvalue weighted by atomic mass is 31.2. The second-order valence-electron chi connectivity index (χ2n) is 15.3. The number of nitrogens with one attached hydrogen (secondary N) is 2. The van der Waals surface area contributed by atoms with Crippen molar-refractivity contribution in [3.63, 3.8) is 0 Å². The number of anilines is 1. The van der Waals surface area contributed by atoms with Gasteiger partial charge in [-0.15, -0.1) is 0 Å². The molecule has 0 aliphatic heterocycles. The van der Waals surface area contributed by atoms with Gasteiger partial charge in [0.05, 0.1) is 16.7 Å². The van der Waals surface area contributed by atoms with Gasteiger partial charge in [0.2, 0.25) is 0 Å². The van der Waals surface area contributed by atoms with Gasteiger partial charge in [0, 0.05) is 34.2 Å². The van der Waals surface area contributed by atoms with E-state index in [1.165, 1.54) is 24.3 Å². The van der Waals surface area contributed by atoms with Gasteiger partial charge in [-0.05, 0) is 153 Å². The van der Waals surface area contributed by atoms with Crippen LogP contribution in [-0.4, -0.2) is 35.1 Å². The lowest BCUT2D eigenvalue weighted by Crippen LogP contribution is -2.24. The molecule has 4 N–H and O–H groups in total. The molecule has 0 fully saturated rings. The van der Waals surface area contributed by atoms with Crippen molar-refractivity contribution in [3.8, 4) is 46.0 Å². The summed E-state index contributed by atoms with van der Waals surface area (Å²) in [6.45, 7) is 2.35. The molecule has 0 bridgehead atoms. The summed E-state index contributed by atoms with van der Waals surface area (Å²) in [5.41, 5.74) is 1.94. The third-order valence-electron chi connectivity index (χ3n) is 10.5. The van der Waals surface area contributed by atoms with Crippen molar-refractivity contribution in [3.05, 3.63) is 216 Å². The largest absolute Gasteiger partial charge is 0.478 e. The molecular weight excluding hydrogens is 868 g/mol. The van der Waals surface area contributed by atoms with Gasteiger partial charge in [-0.2, -0.15) is 0 Å². The van der Waals surface area contributed by atoms with Crippen LogP contribution in [0.5, 0.6) is 46.0 Å². The van der Waals surface area contributed by atoms with Crippen LogP contribution in [0.15, 0.2) is 188 Å². The van der Waals surface area contributed by atoms with Crippen LogP contribution in [0.2, 0.25) is 0 Å². The lowest BCUT2D eigenvalue weighted by molar-refractivity contribution is 0.0684. The van der Waals surface area contributed by atoms with Crippen LogP contribution in [0, 0.1) is 6.92 Å². The lowest BCUT2D eigenvalue weighted by atomic mass is 10.1. The molecule has 0 aliphatic rings. The second kappa shape index (κ2) is 20.2. The molecule has 1 atom stereocenters. The van der Waals surface area contributed by atoms with Crippen LogP contribution < -0.4 is 45.5 Å². The van der Waals surface area contributed by atoms with Gasteiger partial charge in [0.25, 0.3) is 5.91 Å². The van der Waals surface area contributed by atoms with Crippen molar-refractivity contribution in [1.29, 1.82) is 0 Å². The highest BCUT2D eigenvalue weighted by Gasteiger charge is 2.30. The SMILES string of the molecule is CNCc1cc(Oc2ccc(P(=O)(c3ccccc3)c3ccc(Oc4ccc(C(=O)O)c(C(=O)Nc5ccc(Oc6cccc(Oc7ccc(C)cc7)c6)cc5)c4)cc3)cc2)ccc1C(=O)O. The average molecular weight is 911 g/mol. The van der Waals surface area contributed by atoms with Crippen LogP contribution in [0.25, 0.3) is 0 Å². The molecule has 67 heavy (non-hydrogen) atoms. The average Bonchev–Trinajstić information content (AvgIpc) is 3.33. The number of rotatable bonds is 17. The molecule has 1 amide bonds. The van der Waals surface area contributed by atoms with Crippen LogP contribution in [0.1, 0.15) is 42.2 Å². The number of hydrogen-bond donors (Lipinski definition) is 4. The van der Waals surface area contributed by atoms with Gasteiger partial charge in [-0.25, -0.2) is 9.59 Å². The summed E-state index contributed by atoms with van der Waals surface area (Å²) in [7, 11) is -1.71. The summed E-state index contributed by atoms with van der Waals surface area (Å²) in [5, 5.41) is 27.0. The number of ether oxygens (including phenoxy) is 4. The van der Waals surface area contributed by atoms with E-state index in [4.69, 9.17) is 18.9 Å². The molecule has 334 valence electrons. The van der Waals surface area contributed by atoms with Gasteiger partial charge in [0.1, 0.15) is 46.0 Å². The Hall–Kier alpha value is -8.44. The summed E-state index contributed by atoms with van der Waals surface area (Å²) < 4.78 is 39.5. The van der Waals surface area contributed by atoms with E-state index in [-0.39, 0.29) is 22.4 Å². The van der Waals surface area contributed by atoms with Crippen molar-refractivity contribution in [2.45, 2.75) is 13.5 Å². The Morgan fingerprint density at radius 2 is 0.896 bits per heavy atom. The van der Waals surface area contributed by atoms with Gasteiger partial charge in [0.15, 0.2) is 7.14 Å². The Morgan fingerprint density at radius 3 is 1.40 bits per heavy atom. The first-order valence-electron chi connectivity index (χ1n) is 21.0. The summed E-state index contributed by atoms with van der Waals surface area (Å²) in [6, 6.07) is 53.2. The lowest BCUT2D eigenvalue weighted by Gasteiger charge is -2.21. The van der Waals surface area contributed by atoms with E-state index in [1.54, 1.807) is 104 Å². The Morgan fingerprint density at radius 1 is 0.463 bits per heavy atom. The van der Waals surface area contributed by atoms with Crippen molar-refractivity contribution in [1.82, 2.24) is 5.32 Å². The zero-order valence-electron chi connectivity index (χ0n) is 36.2. The summed E-state index contributed by atoms with van der Waals surface area (Å²) >= 11 is 0. The maximum absolute atomic E-state index is 15.3. The molecule has 0 spiro atoms. The van der Waals surface area contributed by atoms with Crippen LogP contribution in [-0.2, 0) is 11.1 Å². The molecule has 0 saturated carbocycles. The molecule has 0 heterocycles. The topological polar surface area (TPSA) is 170 Å². The van der Waals surface area contributed by atoms with Crippen LogP contribution >= 0.6 is 7.14 Å². The summed E-state index contributed by atoms with van der Waals surface area (Å²) in [5.74, 6) is 0.859. The third kappa shape index (κ3) is 10.8. The normalized spacial score (nSPS) is 11.7. The minimum absolute atomic E-state index is 0.121. The zero-order valence-corrected chi connectivity index (χ0v) is 37.1. The summed E-state index contributed by atoms with van der Waals surface area (Å²) in [4.78, 5) is 37.5. The zero-order chi connectivity index (χ0) is 46.9. The van der Waals surface area contributed by atoms with Gasteiger partial charge >= 0.3 is 11.9 Å². The predicted molar refractivity (Wildman–Crippen MR) is 258 cm³/mol. The van der Waals surface area contributed by atoms with E-state index in [1.807, 2.05) is 73.7 Å². The number of aromatic carboxylic acids is 2. The van der Waals surface area contributed by atoms with E-state index in [2.05, 4.69) is 10.6 Å². The fourth-order valence-electron chi connectivity index (χ4n) is 7.23. The number of carboxylic acid groups (broad SMARTS) is 2. The number of amides is 1. The van der Waals surface area contributed by atoms with Crippen LogP contribution in [0.3, 0.4) is 0 Å². The molecule has 8 aromatic carbocycles. The maximum atomic E-state index is 15.3. The highest BCUT2D eigenvalue weighted by Crippen LogP contribution is 2.43. The minimum atomic E-state index is -3.44. The Bertz CT molecular complexity index is 3110. The Balaban J connectivity index is 0.959. The molecule has 1 unspecified atom stereocenters. The first-order chi connectivity index (χ1) is 32.4. The molecule has 0 aromatic heterocycles. The third-order valence-corrected chi connectivity index (χ3v) is 13.6. The predicted octanol–water partition coefficient (Wildman–Crippen LogP) is 11.2. The number of hydrogen-bond acceptors (Lipinski definition) is 9. The molecule has 0 radical (unpaired) electrons. The van der Waals surface area contributed by atoms with E-state index >= 15 is 4.57 Å². The quantitative estimate of drug-likeness (QED) is 0.0641. The smallest absolute Gasteiger partial charge is 0.336 e. The fraction of sp³-hybridized carbons (Fsp3) is 0.0556. The van der Waals surface area contributed by atoms with Crippen molar-refractivity contribution < 1.29 is 48.1 Å². The van der Waals surface area contributed by atoms with Crippen molar-refractivity contribution >= 4 is 46.6 Å². The Kier molecular flexibility index (Phi) is 13.6. The monoisotopic (exact) mass is 910 g/mol. The van der Waals surface area contributed by atoms with Crippen LogP contribution in [0.4, 0.5) is 5.69 Å². The second-order valence-corrected chi connectivity index (χ2v) is 18.0. The standard InChI is InChI=1S/C54H43N2O10P/c1-35-11-15-38(16-12-35)63-42-7-6-8-43(32-42)64-39-17-13-37(14-18-39)56-52(57)51-33-45(24-30-50(51)54(60)61)66-41-21-27-48(28-22-41)67(62,46-9-4-3-5-10-46)47-25-19-40(20-26-47)65-44-23-29-49(53(58)59)36(31-44)34-55-2/h3-33,55H,34H2,1-2H3,(H,56,57)(H,58,59)(H,60,61). The number of benzene rings is 8. The molecule has 12 nitrogen and oxygen atoms in total. The molecule has 0 aliphatic carbocycles. The maximum Gasteiger partial charge on any atom is 0.336 e. The minimum Gasteiger partial charge on any atom is -0.478 e. The molecule has 13 heteroatoms. The molecule has 8 rings (SSSR count). The summed E-state index contributed by atoms with van der Waals surface area (Å²) in [6.07, 6.45) is 0. The number of carbonyl (C=O) groups excluding carboxylic acids is 1. The van der Waals surface area contributed by atoms with E-state index in [9.17, 15) is 24.6 Å². The van der Waals surface area contributed by atoms with Gasteiger partial charge in [-0.1, -0.05) is 54.1 Å². The van der Waals surface area contributed by atoms with Gasteiger partial charge in [-0.3, -0.25) is 4.79 Å². The van der Waals surface area contributed by atoms with Crippen molar-refractivity contribution in [2.75, 3.05) is 12.4 Å². The molecular formula is C54H43N2O10P. The van der Waals surface area contributed by atoms with E-state index < -0.39 is 25.0 Å². The number of carbonyl (C=O) groups is 3. The Labute approximate surface area is 386 Å².